The average molecular weight is 176 g/mol. The third kappa shape index (κ3) is 4.81. The van der Waals surface area contributed by atoms with E-state index in [0.29, 0.717) is 0 Å². The van der Waals surface area contributed by atoms with Crippen LogP contribution >= 0.6 is 0 Å². The van der Waals surface area contributed by atoms with Gasteiger partial charge in [-0.05, 0) is 6.92 Å². The minimum Gasteiger partial charge on any atom is -0.434 e. The molecule has 70 valence electrons. The zero-order chi connectivity index (χ0) is 9.56. The Balaban J connectivity index is 3.69. The van der Waals surface area contributed by atoms with Crippen LogP contribution in [-0.4, -0.2) is 31.7 Å². The van der Waals surface area contributed by atoms with Crippen molar-refractivity contribution in [1.82, 2.24) is 0 Å². The topological polar surface area (TPSA) is 80.2 Å². The molecule has 0 spiro atoms. The largest absolute Gasteiger partial charge is 0.434 e. The number of methoxy groups -OCH3 is 1. The van der Waals surface area contributed by atoms with Crippen molar-refractivity contribution in [1.29, 1.82) is 0 Å². The van der Waals surface area contributed by atoms with Crippen LogP contribution in [0, 0.1) is 0 Å². The first-order valence-corrected chi connectivity index (χ1v) is 3.56. The minimum absolute atomic E-state index is 0.0793. The smallest absolute Gasteiger partial charge is 0.367 e. The van der Waals surface area contributed by atoms with Crippen LogP contribution in [0.5, 0.6) is 0 Å². The molecule has 0 aromatic rings. The van der Waals surface area contributed by atoms with Crippen molar-refractivity contribution in [2.24, 2.45) is 0 Å². The molecule has 0 unspecified atom stereocenters. The number of hydrogen-bond acceptors (Lipinski definition) is 4. The van der Waals surface area contributed by atoms with Crippen LogP contribution in [0.3, 0.4) is 0 Å². The van der Waals surface area contributed by atoms with Gasteiger partial charge < -0.3 is 15.2 Å². The zero-order valence-electron chi connectivity index (χ0n) is 7.33. The first-order valence-electron chi connectivity index (χ1n) is 3.56. The highest BCUT2D eigenvalue weighted by Crippen LogP contribution is 1.91. The van der Waals surface area contributed by atoms with Gasteiger partial charge in [0, 0.05) is 7.11 Å². The van der Waals surface area contributed by atoms with E-state index in [1.807, 2.05) is 0 Å². The van der Waals surface area contributed by atoms with Gasteiger partial charge >= 0.3 is 5.97 Å². The Labute approximate surface area is 70.8 Å². The molecule has 0 saturated heterocycles. The van der Waals surface area contributed by atoms with E-state index in [1.165, 1.54) is 14.0 Å². The molecule has 0 saturated carbocycles. The quantitative estimate of drug-likeness (QED) is 0.418. The number of ether oxygens (including phenoxy) is 2. The van der Waals surface area contributed by atoms with Gasteiger partial charge in [0.25, 0.3) is 0 Å². The highest BCUT2D eigenvalue weighted by Gasteiger charge is 2.20. The summed E-state index contributed by atoms with van der Waals surface area (Å²) < 4.78 is 9.09. The van der Waals surface area contributed by atoms with E-state index in [9.17, 15) is 9.59 Å². The lowest BCUT2D eigenvalue weighted by atomic mass is 10.2. The third-order valence-corrected chi connectivity index (χ3v) is 1.19. The number of Topliss-reactive ketones (excluding diaryl/α,β-unsaturated/α-hetero) is 1. The molecule has 0 rings (SSSR count). The molecule has 3 N–H and O–H groups in total. The van der Waals surface area contributed by atoms with Gasteiger partial charge in [-0.15, -0.1) is 0 Å². The number of carbonyl (C=O) groups is 2. The molecule has 0 aromatic carbocycles. The van der Waals surface area contributed by atoms with E-state index < -0.39 is 12.0 Å². The summed E-state index contributed by atoms with van der Waals surface area (Å²) in [5.41, 5.74) is 3.48. The van der Waals surface area contributed by atoms with Gasteiger partial charge in [-0.3, -0.25) is 4.79 Å². The van der Waals surface area contributed by atoms with Crippen molar-refractivity contribution >= 4 is 11.8 Å². The number of ketones is 1. The molecule has 1 atom stereocenters. The Morgan fingerprint density at radius 1 is 1.50 bits per heavy atom. The zero-order valence-corrected chi connectivity index (χ0v) is 7.33. The van der Waals surface area contributed by atoms with Gasteiger partial charge in [0.05, 0.1) is 6.42 Å². The van der Waals surface area contributed by atoms with E-state index in [0.717, 1.165) is 0 Å². The summed E-state index contributed by atoms with van der Waals surface area (Å²) in [4.78, 5) is 21.5. The second kappa shape index (κ2) is 5.68. The molecule has 0 heterocycles. The fourth-order valence-corrected chi connectivity index (χ4v) is 0.665. The molecular weight excluding hydrogens is 162 g/mol. The molecule has 5 nitrogen and oxygen atoms in total. The lowest BCUT2D eigenvalue weighted by molar-refractivity contribution is -0.407. The van der Waals surface area contributed by atoms with Crippen molar-refractivity contribution in [2.45, 2.75) is 19.4 Å². The van der Waals surface area contributed by atoms with Gasteiger partial charge in [-0.1, -0.05) is 0 Å². The van der Waals surface area contributed by atoms with Crippen LogP contribution in [0.2, 0.25) is 0 Å². The molecule has 0 radical (unpaired) electrons. The number of hydrogen-bond donors (Lipinski definition) is 1. The Hall–Kier alpha value is -0.940. The second-order valence-corrected chi connectivity index (χ2v) is 2.47. The summed E-state index contributed by atoms with van der Waals surface area (Å²) in [5.74, 6) is -0.587. The molecule has 5 heteroatoms. The summed E-state index contributed by atoms with van der Waals surface area (Å²) in [6.07, 6.45) is 0.114. The van der Waals surface area contributed by atoms with Gasteiger partial charge in [0.1, 0.15) is 5.78 Å². The molecule has 0 aliphatic heterocycles. The molecule has 0 aliphatic rings. The normalized spacial score (nSPS) is 12.2. The second-order valence-electron chi connectivity index (χ2n) is 2.47. The Bertz CT molecular complexity index is 169. The highest BCUT2D eigenvalue weighted by molar-refractivity contribution is 5.83. The van der Waals surface area contributed by atoms with Crippen molar-refractivity contribution in [3.05, 3.63) is 0 Å². The SMILES string of the molecule is COCOC(=O)[C@@H]([NH3+])CC(C)=O. The summed E-state index contributed by atoms with van der Waals surface area (Å²) in [5, 5.41) is 0. The van der Waals surface area contributed by atoms with E-state index >= 15 is 0 Å². The predicted molar refractivity (Wildman–Crippen MR) is 39.9 cm³/mol. The Morgan fingerprint density at radius 2 is 2.08 bits per heavy atom. The van der Waals surface area contributed by atoms with Crippen molar-refractivity contribution < 1.29 is 24.8 Å². The average Bonchev–Trinajstić information content (AvgIpc) is 1.98. The van der Waals surface area contributed by atoms with Crippen molar-refractivity contribution in [2.75, 3.05) is 13.9 Å². The van der Waals surface area contributed by atoms with E-state index in [4.69, 9.17) is 0 Å². The van der Waals surface area contributed by atoms with Crippen LogP contribution in [0.15, 0.2) is 0 Å². The van der Waals surface area contributed by atoms with Crippen molar-refractivity contribution in [3.8, 4) is 0 Å². The first kappa shape index (κ1) is 11.1. The van der Waals surface area contributed by atoms with Crippen molar-refractivity contribution in [3.63, 3.8) is 0 Å². The maximum Gasteiger partial charge on any atom is 0.367 e. The summed E-state index contributed by atoms with van der Waals surface area (Å²) >= 11 is 0. The molecule has 0 aliphatic carbocycles. The van der Waals surface area contributed by atoms with Gasteiger partial charge in [0.2, 0.25) is 0 Å². The van der Waals surface area contributed by atoms with E-state index in [2.05, 4.69) is 15.2 Å². The van der Waals surface area contributed by atoms with Gasteiger partial charge in [-0.25, -0.2) is 4.79 Å². The maximum atomic E-state index is 10.9. The summed E-state index contributed by atoms with van der Waals surface area (Å²) in [7, 11) is 1.41. The fourth-order valence-electron chi connectivity index (χ4n) is 0.665. The van der Waals surface area contributed by atoms with Gasteiger partial charge in [-0.2, -0.15) is 0 Å². The van der Waals surface area contributed by atoms with Crippen LogP contribution in [0.25, 0.3) is 0 Å². The van der Waals surface area contributed by atoms with Crippen LogP contribution < -0.4 is 5.73 Å². The molecule has 0 fully saturated rings. The number of carbonyl (C=O) groups excluding carboxylic acids is 2. The number of quaternary nitrogens is 1. The third-order valence-electron chi connectivity index (χ3n) is 1.19. The molecule has 0 amide bonds. The molecular formula is C7H14NO4+. The number of rotatable bonds is 5. The Morgan fingerprint density at radius 3 is 2.50 bits per heavy atom. The van der Waals surface area contributed by atoms with Gasteiger partial charge in [0.15, 0.2) is 12.8 Å². The minimum atomic E-state index is -0.627. The van der Waals surface area contributed by atoms with Crippen LogP contribution in [0.4, 0.5) is 0 Å². The monoisotopic (exact) mass is 176 g/mol. The van der Waals surface area contributed by atoms with E-state index in [1.54, 1.807) is 0 Å². The lowest BCUT2D eigenvalue weighted by Gasteiger charge is -2.05. The summed E-state index contributed by atoms with van der Waals surface area (Å²) in [6.45, 7) is 1.31. The van der Waals surface area contributed by atoms with Crippen LogP contribution in [0.1, 0.15) is 13.3 Å². The molecule has 0 aromatic heterocycles. The predicted octanol–water partition coefficient (Wildman–Crippen LogP) is -1.28. The first-order chi connectivity index (χ1) is 5.57. The fraction of sp³-hybridized carbons (Fsp3) is 0.714. The van der Waals surface area contributed by atoms with E-state index in [-0.39, 0.29) is 19.0 Å². The Kier molecular flexibility index (Phi) is 5.23. The molecule has 12 heavy (non-hydrogen) atoms. The standard InChI is InChI=1S/C7H13NO4/c1-5(9)3-6(8)7(10)12-4-11-2/h6H,3-4,8H2,1-2H3/p+1/t6-/m0/s1. The molecule has 0 bridgehead atoms. The lowest BCUT2D eigenvalue weighted by Crippen LogP contribution is -2.65. The maximum absolute atomic E-state index is 10.9. The number of esters is 1. The summed E-state index contributed by atoms with van der Waals surface area (Å²) in [6, 6.07) is -0.627. The highest BCUT2D eigenvalue weighted by atomic mass is 16.7. The van der Waals surface area contributed by atoms with Crippen LogP contribution in [-0.2, 0) is 19.1 Å².